The predicted molar refractivity (Wildman–Crippen MR) is 60.0 cm³/mol. The van der Waals surface area contributed by atoms with Gasteiger partial charge in [0, 0.05) is 11.6 Å². The molecule has 1 N–H and O–H groups in total. The van der Waals surface area contributed by atoms with Crippen molar-refractivity contribution in [3.63, 3.8) is 0 Å². The van der Waals surface area contributed by atoms with Crippen LogP contribution in [-0.2, 0) is 9.53 Å². The minimum absolute atomic E-state index is 0.268. The van der Waals surface area contributed by atoms with Gasteiger partial charge >= 0.3 is 11.9 Å². The molecule has 1 aromatic carbocycles. The molecule has 96 valence electrons. The number of aliphatic carboxylic acids is 1. The fraction of sp³-hybridized carbons (Fsp3) is 0.333. The highest BCUT2D eigenvalue weighted by Gasteiger charge is 2.36. The van der Waals surface area contributed by atoms with E-state index in [-0.39, 0.29) is 12.0 Å². The first kappa shape index (κ1) is 12.2. The van der Waals surface area contributed by atoms with E-state index in [9.17, 15) is 9.59 Å². The Morgan fingerprint density at radius 1 is 1.39 bits per heavy atom. The topological polar surface area (TPSA) is 82.1 Å². The zero-order chi connectivity index (χ0) is 13.3. The summed E-state index contributed by atoms with van der Waals surface area (Å²) in [6.07, 6.45) is -1.08. The van der Waals surface area contributed by atoms with Gasteiger partial charge in [0.25, 0.3) is 0 Å². The van der Waals surface area contributed by atoms with Crippen LogP contribution in [0.5, 0.6) is 11.5 Å². The van der Waals surface area contributed by atoms with Crippen molar-refractivity contribution in [1.82, 2.24) is 0 Å². The molecule has 0 amide bonds. The molecule has 1 aliphatic rings. The van der Waals surface area contributed by atoms with Crippen molar-refractivity contribution in [2.75, 3.05) is 14.2 Å². The molecule has 0 saturated carbocycles. The second kappa shape index (κ2) is 4.56. The molecule has 0 bridgehead atoms. The number of ether oxygens (including phenoxy) is 3. The van der Waals surface area contributed by atoms with Gasteiger partial charge in [0.15, 0.2) is 0 Å². The van der Waals surface area contributed by atoms with Crippen molar-refractivity contribution >= 4 is 11.9 Å². The molecule has 6 heteroatoms. The molecule has 0 spiro atoms. The zero-order valence-corrected chi connectivity index (χ0v) is 9.93. The second-order valence-corrected chi connectivity index (χ2v) is 3.79. The van der Waals surface area contributed by atoms with Crippen molar-refractivity contribution in [1.29, 1.82) is 0 Å². The summed E-state index contributed by atoms with van der Waals surface area (Å²) in [7, 11) is 2.90. The fourth-order valence-corrected chi connectivity index (χ4v) is 1.92. The highest BCUT2D eigenvalue weighted by Crippen LogP contribution is 2.40. The van der Waals surface area contributed by atoms with Gasteiger partial charge in [0.2, 0.25) is 0 Å². The minimum atomic E-state index is -1.04. The van der Waals surface area contributed by atoms with Crippen molar-refractivity contribution in [3.05, 3.63) is 23.3 Å². The van der Waals surface area contributed by atoms with E-state index in [1.54, 1.807) is 12.1 Å². The number of methoxy groups -OCH3 is 2. The van der Waals surface area contributed by atoms with Crippen LogP contribution in [0.1, 0.15) is 28.4 Å². The normalized spacial score (nSPS) is 17.0. The highest BCUT2D eigenvalue weighted by molar-refractivity contribution is 5.97. The highest BCUT2D eigenvalue weighted by atomic mass is 16.6. The number of esters is 1. The summed E-state index contributed by atoms with van der Waals surface area (Å²) >= 11 is 0. The second-order valence-electron chi connectivity index (χ2n) is 3.79. The standard InChI is InChI=1S/C12H12O6/c1-16-6-3-7-8(5-10(13)14)18-12(15)11(7)9(4-6)17-2/h3-4,8H,5H2,1-2H3,(H,13,14)/t8-/m0/s1. The Balaban J connectivity index is 2.51. The van der Waals surface area contributed by atoms with Crippen molar-refractivity contribution in [2.45, 2.75) is 12.5 Å². The summed E-state index contributed by atoms with van der Waals surface area (Å²) in [5.41, 5.74) is 0.753. The number of hydrogen-bond donors (Lipinski definition) is 1. The number of benzene rings is 1. The van der Waals surface area contributed by atoms with E-state index >= 15 is 0 Å². The van der Waals surface area contributed by atoms with Crippen molar-refractivity contribution in [3.8, 4) is 11.5 Å². The van der Waals surface area contributed by atoms with Crippen LogP contribution < -0.4 is 9.47 Å². The molecule has 2 rings (SSSR count). The van der Waals surface area contributed by atoms with E-state index in [0.29, 0.717) is 17.1 Å². The molecule has 1 aliphatic heterocycles. The fourth-order valence-electron chi connectivity index (χ4n) is 1.92. The first-order valence-corrected chi connectivity index (χ1v) is 5.25. The average molecular weight is 252 g/mol. The molecule has 1 atom stereocenters. The van der Waals surface area contributed by atoms with E-state index in [0.717, 1.165) is 0 Å². The summed E-state index contributed by atoms with van der Waals surface area (Å²) in [6.45, 7) is 0. The van der Waals surface area contributed by atoms with Gasteiger partial charge in [0.05, 0.1) is 20.6 Å². The van der Waals surface area contributed by atoms with Crippen LogP contribution in [0, 0.1) is 0 Å². The third kappa shape index (κ3) is 1.97. The molecular formula is C12H12O6. The van der Waals surface area contributed by atoms with Crippen molar-refractivity contribution in [2.24, 2.45) is 0 Å². The van der Waals surface area contributed by atoms with Gasteiger partial charge in [-0.3, -0.25) is 4.79 Å². The monoisotopic (exact) mass is 252 g/mol. The molecule has 0 aromatic heterocycles. The Bertz CT molecular complexity index is 508. The first-order chi connectivity index (χ1) is 8.56. The number of carboxylic acid groups (broad SMARTS) is 1. The maximum atomic E-state index is 11.7. The molecular weight excluding hydrogens is 240 g/mol. The molecule has 1 aromatic rings. The lowest BCUT2D eigenvalue weighted by atomic mass is 10.0. The molecule has 0 fully saturated rings. The van der Waals surface area contributed by atoms with Gasteiger partial charge in [-0.2, -0.15) is 0 Å². The Labute approximate surface area is 103 Å². The van der Waals surface area contributed by atoms with E-state index in [1.165, 1.54) is 14.2 Å². The van der Waals surface area contributed by atoms with Gasteiger partial charge in [-0.15, -0.1) is 0 Å². The lowest BCUT2D eigenvalue weighted by Gasteiger charge is -2.10. The number of carbonyl (C=O) groups excluding carboxylic acids is 1. The van der Waals surface area contributed by atoms with Gasteiger partial charge < -0.3 is 19.3 Å². The van der Waals surface area contributed by atoms with Crippen LogP contribution in [0.2, 0.25) is 0 Å². The average Bonchev–Trinajstić information content (AvgIpc) is 2.64. The number of carboxylic acids is 1. The molecule has 18 heavy (non-hydrogen) atoms. The Kier molecular flexibility index (Phi) is 3.10. The summed E-state index contributed by atoms with van der Waals surface area (Å²) in [4.78, 5) is 22.4. The van der Waals surface area contributed by atoms with Gasteiger partial charge in [0.1, 0.15) is 23.2 Å². The van der Waals surface area contributed by atoms with E-state index in [2.05, 4.69) is 0 Å². The molecule has 0 saturated heterocycles. The van der Waals surface area contributed by atoms with Crippen LogP contribution in [0.3, 0.4) is 0 Å². The summed E-state index contributed by atoms with van der Waals surface area (Å²) in [6, 6.07) is 3.15. The van der Waals surface area contributed by atoms with Gasteiger partial charge in [-0.25, -0.2) is 4.79 Å². The van der Waals surface area contributed by atoms with Gasteiger partial charge in [-0.1, -0.05) is 0 Å². The predicted octanol–water partition coefficient (Wildman–Crippen LogP) is 1.39. The third-order valence-electron chi connectivity index (χ3n) is 2.72. The molecule has 1 heterocycles. The lowest BCUT2D eigenvalue weighted by molar-refractivity contribution is -0.139. The molecule has 0 radical (unpaired) electrons. The third-order valence-corrected chi connectivity index (χ3v) is 2.72. The summed E-state index contributed by atoms with van der Waals surface area (Å²) in [5, 5.41) is 8.78. The van der Waals surface area contributed by atoms with Crippen molar-refractivity contribution < 1.29 is 28.9 Å². The number of rotatable bonds is 4. The molecule has 0 aliphatic carbocycles. The number of cyclic esters (lactones) is 1. The maximum absolute atomic E-state index is 11.7. The Morgan fingerprint density at radius 3 is 2.67 bits per heavy atom. The SMILES string of the molecule is COc1cc(OC)c2c(c1)[C@H](CC(=O)O)OC2=O. The van der Waals surface area contributed by atoms with Crippen LogP contribution in [0.4, 0.5) is 0 Å². The number of fused-ring (bicyclic) bond motifs is 1. The lowest BCUT2D eigenvalue weighted by Crippen LogP contribution is -2.05. The maximum Gasteiger partial charge on any atom is 0.342 e. The Hall–Kier alpha value is -2.24. The largest absolute Gasteiger partial charge is 0.497 e. The quantitative estimate of drug-likeness (QED) is 0.815. The minimum Gasteiger partial charge on any atom is -0.497 e. The van der Waals surface area contributed by atoms with E-state index < -0.39 is 18.0 Å². The Morgan fingerprint density at radius 2 is 2.11 bits per heavy atom. The van der Waals surface area contributed by atoms with E-state index in [1.807, 2.05) is 0 Å². The van der Waals surface area contributed by atoms with Crippen LogP contribution in [0.25, 0.3) is 0 Å². The number of hydrogen-bond acceptors (Lipinski definition) is 5. The molecule has 6 nitrogen and oxygen atoms in total. The van der Waals surface area contributed by atoms with Crippen LogP contribution in [0.15, 0.2) is 12.1 Å². The summed E-state index contributed by atoms with van der Waals surface area (Å²) in [5.74, 6) is -0.806. The van der Waals surface area contributed by atoms with Crippen LogP contribution in [-0.4, -0.2) is 31.3 Å². The molecule has 0 unspecified atom stereocenters. The van der Waals surface area contributed by atoms with E-state index in [4.69, 9.17) is 19.3 Å². The zero-order valence-electron chi connectivity index (χ0n) is 9.93. The summed E-state index contributed by atoms with van der Waals surface area (Å²) < 4.78 is 15.2. The smallest absolute Gasteiger partial charge is 0.342 e. The number of carbonyl (C=O) groups is 2. The van der Waals surface area contributed by atoms with Crippen LogP contribution >= 0.6 is 0 Å². The van der Waals surface area contributed by atoms with Gasteiger partial charge in [-0.05, 0) is 6.07 Å². The first-order valence-electron chi connectivity index (χ1n) is 5.25.